The Morgan fingerprint density at radius 3 is 2.28 bits per heavy atom. The fourth-order valence-electron chi connectivity index (χ4n) is 2.63. The monoisotopic (exact) mass is 344 g/mol. The van der Waals surface area contributed by atoms with Crippen molar-refractivity contribution in [3.05, 3.63) is 88.2 Å². The van der Waals surface area contributed by atoms with Crippen LogP contribution in [0.4, 0.5) is 18.9 Å². The zero-order chi connectivity index (χ0) is 18.0. The first kappa shape index (κ1) is 16.8. The predicted molar refractivity (Wildman–Crippen MR) is 91.1 cm³/mol. The molecule has 3 rings (SSSR count). The molecule has 3 nitrogen and oxygen atoms in total. The van der Waals surface area contributed by atoms with E-state index in [9.17, 15) is 18.0 Å². The van der Waals surface area contributed by atoms with Crippen LogP contribution in [-0.2, 0) is 12.7 Å². The number of aromatic nitrogens is 1. The van der Waals surface area contributed by atoms with Gasteiger partial charge in [-0.05, 0) is 23.8 Å². The van der Waals surface area contributed by atoms with Gasteiger partial charge in [-0.1, -0.05) is 42.5 Å². The van der Waals surface area contributed by atoms with Crippen molar-refractivity contribution in [2.24, 2.45) is 0 Å². The van der Waals surface area contributed by atoms with Crippen LogP contribution in [0.3, 0.4) is 0 Å². The number of hydrogen-bond acceptors (Lipinski definition) is 2. The third kappa shape index (κ3) is 3.74. The van der Waals surface area contributed by atoms with Crippen molar-refractivity contribution in [3.63, 3.8) is 0 Å². The minimum atomic E-state index is -4.60. The first-order chi connectivity index (χ1) is 11.8. The maximum atomic E-state index is 13.1. The summed E-state index contributed by atoms with van der Waals surface area (Å²) in [5.74, 6) is 0. The summed E-state index contributed by atoms with van der Waals surface area (Å²) in [5.41, 5.74) is 5.93. The molecule has 1 aromatic heterocycles. The molecule has 3 aromatic rings. The summed E-state index contributed by atoms with van der Waals surface area (Å²) < 4.78 is 40.7. The van der Waals surface area contributed by atoms with E-state index in [0.29, 0.717) is 17.3 Å². The number of nitrogen functional groups attached to an aromatic ring is 1. The largest absolute Gasteiger partial charge is 0.416 e. The summed E-state index contributed by atoms with van der Waals surface area (Å²) in [7, 11) is 0. The highest BCUT2D eigenvalue weighted by Gasteiger charge is 2.32. The summed E-state index contributed by atoms with van der Waals surface area (Å²) in [6, 6.07) is 17.1. The SMILES string of the molecule is Nc1cccc(-c2cc(C(F)(F)F)cc(=O)n2Cc2ccccc2)c1. The second-order valence-corrected chi connectivity index (χ2v) is 5.66. The molecule has 0 aliphatic rings. The van der Waals surface area contributed by atoms with E-state index >= 15 is 0 Å². The van der Waals surface area contributed by atoms with Crippen LogP contribution in [0.25, 0.3) is 11.3 Å². The number of nitrogens with two attached hydrogens (primary N) is 1. The number of hydrogen-bond donors (Lipinski definition) is 1. The Balaban J connectivity index is 2.21. The highest BCUT2D eigenvalue weighted by atomic mass is 19.4. The molecular formula is C19H15F3N2O. The van der Waals surface area contributed by atoms with Gasteiger partial charge in [0.05, 0.1) is 17.8 Å². The summed E-state index contributed by atoms with van der Waals surface area (Å²) >= 11 is 0. The predicted octanol–water partition coefficient (Wildman–Crippen LogP) is 4.16. The van der Waals surface area contributed by atoms with Crippen molar-refractivity contribution < 1.29 is 13.2 Å². The summed E-state index contributed by atoms with van der Waals surface area (Å²) in [4.78, 5) is 12.4. The van der Waals surface area contributed by atoms with Gasteiger partial charge in [-0.25, -0.2) is 0 Å². The van der Waals surface area contributed by atoms with E-state index in [4.69, 9.17) is 5.73 Å². The smallest absolute Gasteiger partial charge is 0.399 e. The highest BCUT2D eigenvalue weighted by molar-refractivity contribution is 5.65. The first-order valence-corrected chi connectivity index (χ1v) is 7.56. The Morgan fingerprint density at radius 2 is 1.64 bits per heavy atom. The highest BCUT2D eigenvalue weighted by Crippen LogP contribution is 2.31. The van der Waals surface area contributed by atoms with Crippen LogP contribution >= 0.6 is 0 Å². The maximum absolute atomic E-state index is 13.1. The lowest BCUT2D eigenvalue weighted by Gasteiger charge is -2.16. The molecule has 0 spiro atoms. The fraction of sp³-hybridized carbons (Fsp3) is 0.105. The lowest BCUT2D eigenvalue weighted by molar-refractivity contribution is -0.137. The zero-order valence-corrected chi connectivity index (χ0v) is 13.1. The van der Waals surface area contributed by atoms with Gasteiger partial charge in [0.25, 0.3) is 5.56 Å². The van der Waals surface area contributed by atoms with Crippen molar-refractivity contribution in [1.82, 2.24) is 4.57 Å². The molecule has 25 heavy (non-hydrogen) atoms. The molecular weight excluding hydrogens is 329 g/mol. The molecule has 0 atom stereocenters. The first-order valence-electron chi connectivity index (χ1n) is 7.56. The molecule has 2 aromatic carbocycles. The lowest BCUT2D eigenvalue weighted by Crippen LogP contribution is -2.24. The van der Waals surface area contributed by atoms with E-state index in [1.165, 1.54) is 4.57 Å². The average molecular weight is 344 g/mol. The van der Waals surface area contributed by atoms with Crippen molar-refractivity contribution in [3.8, 4) is 11.3 Å². The topological polar surface area (TPSA) is 48.0 Å². The molecule has 6 heteroatoms. The van der Waals surface area contributed by atoms with Crippen LogP contribution in [0.2, 0.25) is 0 Å². The summed E-state index contributed by atoms with van der Waals surface area (Å²) in [6.07, 6.45) is -4.60. The van der Waals surface area contributed by atoms with E-state index in [1.807, 2.05) is 30.3 Å². The number of rotatable bonds is 3. The number of nitrogens with zero attached hydrogens (tertiary/aromatic N) is 1. The summed E-state index contributed by atoms with van der Waals surface area (Å²) in [6.45, 7) is 0.169. The molecule has 0 radical (unpaired) electrons. The van der Waals surface area contributed by atoms with Gasteiger partial charge in [-0.3, -0.25) is 4.79 Å². The van der Waals surface area contributed by atoms with Gasteiger partial charge < -0.3 is 10.3 Å². The minimum absolute atomic E-state index is 0.169. The molecule has 0 unspecified atom stereocenters. The molecule has 1 heterocycles. The van der Waals surface area contributed by atoms with Crippen LogP contribution in [-0.4, -0.2) is 4.57 Å². The fourth-order valence-corrected chi connectivity index (χ4v) is 2.63. The Morgan fingerprint density at radius 1 is 0.920 bits per heavy atom. The third-order valence-corrected chi connectivity index (χ3v) is 3.82. The molecule has 0 aliphatic carbocycles. The van der Waals surface area contributed by atoms with E-state index in [0.717, 1.165) is 11.6 Å². The number of halogens is 3. The number of pyridine rings is 1. The van der Waals surface area contributed by atoms with Crippen LogP contribution in [0, 0.1) is 0 Å². The molecule has 0 fully saturated rings. The second-order valence-electron chi connectivity index (χ2n) is 5.66. The van der Waals surface area contributed by atoms with E-state index in [2.05, 4.69) is 0 Å². The Labute approximate surface area is 142 Å². The van der Waals surface area contributed by atoms with Gasteiger partial charge in [-0.15, -0.1) is 0 Å². The standard InChI is InChI=1S/C19H15F3N2O/c20-19(21,22)15-10-17(14-7-4-8-16(23)9-14)24(18(25)11-15)12-13-5-2-1-3-6-13/h1-11H,12,23H2. The van der Waals surface area contributed by atoms with Gasteiger partial charge in [0, 0.05) is 17.3 Å². The normalized spacial score (nSPS) is 11.5. The third-order valence-electron chi connectivity index (χ3n) is 3.82. The van der Waals surface area contributed by atoms with Gasteiger partial charge in [0.1, 0.15) is 0 Å². The number of anilines is 1. The Hall–Kier alpha value is -3.02. The van der Waals surface area contributed by atoms with Crippen molar-refractivity contribution in [1.29, 1.82) is 0 Å². The molecule has 0 amide bonds. The summed E-state index contributed by atoms with van der Waals surface area (Å²) in [5, 5.41) is 0. The second kappa shape index (κ2) is 6.47. The molecule has 2 N–H and O–H groups in total. The molecule has 0 saturated heterocycles. The van der Waals surface area contributed by atoms with Gasteiger partial charge >= 0.3 is 6.18 Å². The lowest BCUT2D eigenvalue weighted by atomic mass is 10.1. The van der Waals surface area contributed by atoms with Crippen LogP contribution in [0.1, 0.15) is 11.1 Å². The molecule has 0 saturated carbocycles. The van der Waals surface area contributed by atoms with Crippen molar-refractivity contribution >= 4 is 5.69 Å². The Bertz CT molecular complexity index is 947. The number of benzene rings is 2. The van der Waals surface area contributed by atoms with Crippen molar-refractivity contribution in [2.75, 3.05) is 5.73 Å². The molecule has 0 bridgehead atoms. The van der Waals surface area contributed by atoms with Crippen LogP contribution in [0.5, 0.6) is 0 Å². The van der Waals surface area contributed by atoms with E-state index in [-0.39, 0.29) is 12.2 Å². The average Bonchev–Trinajstić information content (AvgIpc) is 2.56. The van der Waals surface area contributed by atoms with Crippen LogP contribution in [0.15, 0.2) is 71.5 Å². The Kier molecular flexibility index (Phi) is 4.35. The van der Waals surface area contributed by atoms with E-state index < -0.39 is 17.3 Å². The maximum Gasteiger partial charge on any atom is 0.416 e. The quantitative estimate of drug-likeness (QED) is 0.725. The van der Waals surface area contributed by atoms with Gasteiger partial charge in [0.2, 0.25) is 0 Å². The number of alkyl halides is 3. The van der Waals surface area contributed by atoms with Gasteiger partial charge in [-0.2, -0.15) is 13.2 Å². The molecule has 0 aliphatic heterocycles. The minimum Gasteiger partial charge on any atom is -0.399 e. The molecule has 128 valence electrons. The zero-order valence-electron chi connectivity index (χ0n) is 13.1. The van der Waals surface area contributed by atoms with Gasteiger partial charge in [0.15, 0.2) is 0 Å². The van der Waals surface area contributed by atoms with Crippen LogP contribution < -0.4 is 11.3 Å². The van der Waals surface area contributed by atoms with Crippen molar-refractivity contribution in [2.45, 2.75) is 12.7 Å². The van der Waals surface area contributed by atoms with E-state index in [1.54, 1.807) is 24.3 Å².